The molecule has 1 aliphatic heterocycles. The minimum atomic E-state index is -0.455. The van der Waals surface area contributed by atoms with Crippen LogP contribution >= 0.6 is 22.6 Å². The fraction of sp³-hybridized carbons (Fsp3) is 0.444. The van der Waals surface area contributed by atoms with Gasteiger partial charge in [0, 0.05) is 9.64 Å². The van der Waals surface area contributed by atoms with E-state index in [-0.39, 0.29) is 5.54 Å². The highest BCUT2D eigenvalue weighted by Crippen LogP contribution is 2.22. The summed E-state index contributed by atoms with van der Waals surface area (Å²) in [6.07, 6.45) is 0. The molecular formula is C9H10FIN2O. The van der Waals surface area contributed by atoms with Gasteiger partial charge in [-0.15, -0.1) is 0 Å². The zero-order valence-electron chi connectivity index (χ0n) is 7.68. The molecule has 5 heteroatoms. The second kappa shape index (κ2) is 3.62. The van der Waals surface area contributed by atoms with Crippen molar-refractivity contribution in [2.24, 2.45) is 0 Å². The Morgan fingerprint density at radius 3 is 2.79 bits per heavy atom. The lowest BCUT2D eigenvalue weighted by molar-refractivity contribution is -0.0320. The van der Waals surface area contributed by atoms with E-state index < -0.39 is 5.95 Å². The normalized spacial score (nSPS) is 18.8. The first-order chi connectivity index (χ1) is 6.57. The summed E-state index contributed by atoms with van der Waals surface area (Å²) in [7, 11) is 0. The first-order valence-corrected chi connectivity index (χ1v) is 5.34. The van der Waals surface area contributed by atoms with Gasteiger partial charge in [0.25, 0.3) is 0 Å². The molecule has 1 N–H and O–H groups in total. The van der Waals surface area contributed by atoms with E-state index in [1.807, 2.05) is 13.0 Å². The number of aromatic nitrogens is 1. The maximum atomic E-state index is 12.9. The Morgan fingerprint density at radius 1 is 1.57 bits per heavy atom. The van der Waals surface area contributed by atoms with Gasteiger partial charge in [-0.25, -0.2) is 4.98 Å². The molecular weight excluding hydrogens is 298 g/mol. The third kappa shape index (κ3) is 2.14. The monoisotopic (exact) mass is 308 g/mol. The van der Waals surface area contributed by atoms with Gasteiger partial charge < -0.3 is 10.1 Å². The summed E-state index contributed by atoms with van der Waals surface area (Å²) in [4.78, 5) is 3.76. The Bertz CT molecular complexity index is 334. The van der Waals surface area contributed by atoms with E-state index >= 15 is 0 Å². The van der Waals surface area contributed by atoms with E-state index in [1.54, 1.807) is 0 Å². The molecule has 1 fully saturated rings. The highest BCUT2D eigenvalue weighted by molar-refractivity contribution is 14.1. The van der Waals surface area contributed by atoms with Gasteiger partial charge in [-0.3, -0.25) is 0 Å². The van der Waals surface area contributed by atoms with E-state index in [0.717, 1.165) is 3.57 Å². The molecule has 0 atom stereocenters. The number of hydrogen-bond donors (Lipinski definition) is 1. The van der Waals surface area contributed by atoms with Crippen LogP contribution in [0.1, 0.15) is 6.92 Å². The second-order valence-electron chi connectivity index (χ2n) is 3.67. The first kappa shape index (κ1) is 10.1. The predicted octanol–water partition coefficient (Wildman–Crippen LogP) is 2.03. The highest BCUT2D eigenvalue weighted by Gasteiger charge is 2.33. The summed E-state index contributed by atoms with van der Waals surface area (Å²) in [6, 6.07) is 3.21. The quantitative estimate of drug-likeness (QED) is 0.670. The van der Waals surface area contributed by atoms with Crippen molar-refractivity contribution in [1.29, 1.82) is 0 Å². The largest absolute Gasteiger partial charge is 0.376 e. The van der Waals surface area contributed by atoms with Crippen molar-refractivity contribution in [3.05, 3.63) is 21.7 Å². The maximum absolute atomic E-state index is 12.9. The standard InChI is InChI=1S/C9H10FIN2O/c1-9(4-14-5-9)13-8-3-6(11)2-7(10)12-8/h2-3H,4-5H2,1H3,(H,12,13). The molecule has 76 valence electrons. The van der Waals surface area contributed by atoms with Crippen molar-refractivity contribution >= 4 is 28.4 Å². The van der Waals surface area contributed by atoms with Crippen LogP contribution in [0.15, 0.2) is 12.1 Å². The van der Waals surface area contributed by atoms with Crippen LogP contribution < -0.4 is 5.32 Å². The van der Waals surface area contributed by atoms with E-state index in [1.165, 1.54) is 6.07 Å². The summed E-state index contributed by atoms with van der Waals surface area (Å²) in [6.45, 7) is 3.31. The van der Waals surface area contributed by atoms with Gasteiger partial charge in [0.05, 0.1) is 18.8 Å². The third-order valence-electron chi connectivity index (χ3n) is 2.03. The van der Waals surface area contributed by atoms with Crippen LogP contribution in [-0.2, 0) is 4.74 Å². The molecule has 0 aromatic carbocycles. The molecule has 14 heavy (non-hydrogen) atoms. The topological polar surface area (TPSA) is 34.2 Å². The predicted molar refractivity (Wildman–Crippen MR) is 59.8 cm³/mol. The zero-order valence-corrected chi connectivity index (χ0v) is 9.84. The smallest absolute Gasteiger partial charge is 0.215 e. The Hall–Kier alpha value is -0.430. The Kier molecular flexibility index (Phi) is 2.61. The molecule has 1 aromatic rings. The van der Waals surface area contributed by atoms with Gasteiger partial charge in [-0.2, -0.15) is 4.39 Å². The summed E-state index contributed by atoms with van der Waals surface area (Å²) in [5.41, 5.74) is -0.0934. The molecule has 0 saturated carbocycles. The van der Waals surface area contributed by atoms with Crippen LogP contribution in [0.3, 0.4) is 0 Å². The van der Waals surface area contributed by atoms with Gasteiger partial charge in [0.1, 0.15) is 5.82 Å². The number of ether oxygens (including phenoxy) is 1. The number of nitrogens with zero attached hydrogens (tertiary/aromatic N) is 1. The Labute approximate surface area is 95.2 Å². The number of anilines is 1. The van der Waals surface area contributed by atoms with Crippen molar-refractivity contribution in [2.45, 2.75) is 12.5 Å². The van der Waals surface area contributed by atoms with Gasteiger partial charge >= 0.3 is 0 Å². The van der Waals surface area contributed by atoms with Crippen LogP contribution in [0, 0.1) is 9.52 Å². The van der Waals surface area contributed by atoms with Crippen molar-refractivity contribution in [1.82, 2.24) is 4.98 Å². The number of pyridine rings is 1. The Morgan fingerprint density at radius 2 is 2.29 bits per heavy atom. The zero-order chi connectivity index (χ0) is 10.2. The first-order valence-electron chi connectivity index (χ1n) is 4.26. The van der Waals surface area contributed by atoms with Crippen molar-refractivity contribution in [3.63, 3.8) is 0 Å². The van der Waals surface area contributed by atoms with Crippen LogP contribution in [0.4, 0.5) is 10.2 Å². The summed E-state index contributed by atoms with van der Waals surface area (Å²) in [5.74, 6) is 0.114. The molecule has 0 aliphatic carbocycles. The van der Waals surface area contributed by atoms with Crippen LogP contribution in [-0.4, -0.2) is 23.7 Å². The van der Waals surface area contributed by atoms with Crippen LogP contribution in [0.2, 0.25) is 0 Å². The fourth-order valence-corrected chi connectivity index (χ4v) is 1.87. The molecule has 2 rings (SSSR count). The van der Waals surface area contributed by atoms with Gasteiger partial charge in [0.2, 0.25) is 5.95 Å². The lowest BCUT2D eigenvalue weighted by Crippen LogP contribution is -2.53. The Balaban J connectivity index is 2.16. The third-order valence-corrected chi connectivity index (χ3v) is 2.65. The van der Waals surface area contributed by atoms with Crippen molar-refractivity contribution in [3.8, 4) is 0 Å². The minimum Gasteiger partial charge on any atom is -0.376 e. The van der Waals surface area contributed by atoms with Crippen molar-refractivity contribution < 1.29 is 9.13 Å². The second-order valence-corrected chi connectivity index (χ2v) is 4.92. The molecule has 0 unspecified atom stereocenters. The van der Waals surface area contributed by atoms with E-state index in [9.17, 15) is 4.39 Å². The number of halogens is 2. The minimum absolute atomic E-state index is 0.0934. The molecule has 0 amide bonds. The maximum Gasteiger partial charge on any atom is 0.215 e. The van der Waals surface area contributed by atoms with Crippen molar-refractivity contribution in [2.75, 3.05) is 18.5 Å². The highest BCUT2D eigenvalue weighted by atomic mass is 127. The molecule has 0 spiro atoms. The fourth-order valence-electron chi connectivity index (χ4n) is 1.32. The summed E-state index contributed by atoms with van der Waals surface area (Å²) >= 11 is 2.06. The molecule has 1 aliphatic rings. The van der Waals surface area contributed by atoms with Crippen LogP contribution in [0.25, 0.3) is 0 Å². The van der Waals surface area contributed by atoms with Gasteiger partial charge in [-0.05, 0) is 35.6 Å². The molecule has 3 nitrogen and oxygen atoms in total. The lowest BCUT2D eigenvalue weighted by atomic mass is 10.0. The summed E-state index contributed by atoms with van der Waals surface area (Å²) < 4.78 is 18.9. The molecule has 0 radical (unpaired) electrons. The number of nitrogens with one attached hydrogen (secondary N) is 1. The number of rotatable bonds is 2. The number of hydrogen-bond acceptors (Lipinski definition) is 3. The molecule has 1 saturated heterocycles. The molecule has 1 aromatic heterocycles. The van der Waals surface area contributed by atoms with Crippen LogP contribution in [0.5, 0.6) is 0 Å². The summed E-state index contributed by atoms with van der Waals surface area (Å²) in [5, 5.41) is 3.16. The van der Waals surface area contributed by atoms with E-state index in [2.05, 4.69) is 32.9 Å². The van der Waals surface area contributed by atoms with Gasteiger partial charge in [-0.1, -0.05) is 0 Å². The lowest BCUT2D eigenvalue weighted by Gasteiger charge is -2.39. The average Bonchev–Trinajstić information content (AvgIpc) is 1.99. The SMILES string of the molecule is CC1(Nc2cc(I)cc(F)n2)COC1. The van der Waals surface area contributed by atoms with Gasteiger partial charge in [0.15, 0.2) is 0 Å². The average molecular weight is 308 g/mol. The van der Waals surface area contributed by atoms with E-state index in [4.69, 9.17) is 4.74 Å². The van der Waals surface area contributed by atoms with E-state index in [0.29, 0.717) is 19.0 Å². The molecule has 2 heterocycles. The molecule has 0 bridgehead atoms.